The van der Waals surface area contributed by atoms with Crippen molar-refractivity contribution >= 4 is 5.97 Å². The summed E-state index contributed by atoms with van der Waals surface area (Å²) in [5.41, 5.74) is 0. The highest BCUT2D eigenvalue weighted by atomic mass is 16.7. The quantitative estimate of drug-likeness (QED) is 0.313. The maximum atomic E-state index is 10.9. The highest BCUT2D eigenvalue weighted by molar-refractivity contribution is 5.69. The van der Waals surface area contributed by atoms with Crippen molar-refractivity contribution in [2.24, 2.45) is 0 Å². The number of carbonyl (C=O) groups is 1. The topological polar surface area (TPSA) is 87.0 Å². The van der Waals surface area contributed by atoms with E-state index in [-0.39, 0.29) is 25.2 Å². The van der Waals surface area contributed by atoms with E-state index in [2.05, 4.69) is 0 Å². The molecular weight excluding hydrogens is 188 g/mol. The van der Waals surface area contributed by atoms with Crippen molar-refractivity contribution in [3.8, 4) is 0 Å². The zero-order chi connectivity index (χ0) is 11.0. The SMILES string of the molecule is CCCCOC(=O)CCCC(O)(O)O. The Kier molecular flexibility index (Phi) is 6.44. The molecule has 0 aliphatic rings. The monoisotopic (exact) mass is 206 g/mol. The van der Waals surface area contributed by atoms with Crippen molar-refractivity contribution in [3.05, 3.63) is 0 Å². The van der Waals surface area contributed by atoms with Gasteiger partial charge < -0.3 is 20.1 Å². The van der Waals surface area contributed by atoms with Gasteiger partial charge in [0.25, 0.3) is 5.97 Å². The summed E-state index contributed by atoms with van der Waals surface area (Å²) in [6, 6.07) is 0. The van der Waals surface area contributed by atoms with E-state index in [9.17, 15) is 4.79 Å². The first-order valence-electron chi connectivity index (χ1n) is 4.78. The lowest BCUT2D eigenvalue weighted by Gasteiger charge is -2.12. The van der Waals surface area contributed by atoms with Gasteiger partial charge in [-0.15, -0.1) is 0 Å². The number of rotatable bonds is 7. The first-order chi connectivity index (χ1) is 6.45. The predicted molar refractivity (Wildman–Crippen MR) is 49.1 cm³/mol. The maximum Gasteiger partial charge on any atom is 0.305 e. The molecule has 0 aromatic heterocycles. The highest BCUT2D eigenvalue weighted by Crippen LogP contribution is 2.07. The molecule has 0 saturated carbocycles. The van der Waals surface area contributed by atoms with Crippen LogP contribution in [0.2, 0.25) is 0 Å². The van der Waals surface area contributed by atoms with Crippen LogP contribution >= 0.6 is 0 Å². The van der Waals surface area contributed by atoms with Gasteiger partial charge >= 0.3 is 5.97 Å². The number of esters is 1. The molecule has 0 bridgehead atoms. The Morgan fingerprint density at radius 3 is 2.43 bits per heavy atom. The van der Waals surface area contributed by atoms with Crippen LogP contribution in [0.5, 0.6) is 0 Å². The summed E-state index contributed by atoms with van der Waals surface area (Å²) in [6.45, 7) is 2.39. The average Bonchev–Trinajstić information content (AvgIpc) is 2.02. The second-order valence-corrected chi connectivity index (χ2v) is 3.20. The van der Waals surface area contributed by atoms with Crippen molar-refractivity contribution in [3.63, 3.8) is 0 Å². The molecule has 0 saturated heterocycles. The third kappa shape index (κ3) is 9.44. The Labute approximate surface area is 83.3 Å². The first-order valence-corrected chi connectivity index (χ1v) is 4.78. The van der Waals surface area contributed by atoms with E-state index in [1.807, 2.05) is 6.92 Å². The molecular formula is C9H18O5. The van der Waals surface area contributed by atoms with Crippen molar-refractivity contribution in [1.82, 2.24) is 0 Å². The molecule has 0 atom stereocenters. The molecule has 84 valence electrons. The molecule has 0 rings (SSSR count). The average molecular weight is 206 g/mol. The first kappa shape index (κ1) is 13.4. The largest absolute Gasteiger partial charge is 0.466 e. The van der Waals surface area contributed by atoms with E-state index in [0.29, 0.717) is 6.61 Å². The molecule has 0 amide bonds. The zero-order valence-corrected chi connectivity index (χ0v) is 8.40. The number of aliphatic hydroxyl groups is 3. The van der Waals surface area contributed by atoms with Crippen molar-refractivity contribution in [2.45, 2.75) is 45.0 Å². The van der Waals surface area contributed by atoms with Crippen molar-refractivity contribution in [1.29, 1.82) is 0 Å². The van der Waals surface area contributed by atoms with Gasteiger partial charge in [-0.2, -0.15) is 0 Å². The minimum atomic E-state index is -2.68. The number of ether oxygens (including phenoxy) is 1. The van der Waals surface area contributed by atoms with E-state index in [1.165, 1.54) is 0 Å². The Morgan fingerprint density at radius 1 is 1.29 bits per heavy atom. The van der Waals surface area contributed by atoms with E-state index in [0.717, 1.165) is 12.8 Å². The van der Waals surface area contributed by atoms with Crippen LogP contribution in [0.3, 0.4) is 0 Å². The molecule has 0 aliphatic carbocycles. The second kappa shape index (κ2) is 6.75. The lowest BCUT2D eigenvalue weighted by Crippen LogP contribution is -2.27. The summed E-state index contributed by atoms with van der Waals surface area (Å²) in [4.78, 5) is 10.9. The molecule has 0 radical (unpaired) electrons. The smallest absolute Gasteiger partial charge is 0.305 e. The van der Waals surface area contributed by atoms with Crippen LogP contribution in [0.25, 0.3) is 0 Å². The van der Waals surface area contributed by atoms with E-state index >= 15 is 0 Å². The zero-order valence-electron chi connectivity index (χ0n) is 8.40. The van der Waals surface area contributed by atoms with Crippen LogP contribution in [-0.4, -0.2) is 33.9 Å². The van der Waals surface area contributed by atoms with Gasteiger partial charge in [0.1, 0.15) is 0 Å². The summed E-state index contributed by atoms with van der Waals surface area (Å²) >= 11 is 0. The fourth-order valence-electron chi connectivity index (χ4n) is 0.872. The Balaban J connectivity index is 3.36. The van der Waals surface area contributed by atoms with Crippen LogP contribution in [0.4, 0.5) is 0 Å². The lowest BCUT2D eigenvalue weighted by atomic mass is 10.2. The van der Waals surface area contributed by atoms with Crippen LogP contribution in [0.15, 0.2) is 0 Å². The summed E-state index contributed by atoms with van der Waals surface area (Å²) in [5, 5.41) is 25.5. The molecule has 0 heterocycles. The van der Waals surface area contributed by atoms with Gasteiger partial charge in [-0.25, -0.2) is 0 Å². The molecule has 0 fully saturated rings. The maximum absolute atomic E-state index is 10.9. The number of hydrogen-bond donors (Lipinski definition) is 3. The minimum Gasteiger partial charge on any atom is -0.466 e. The highest BCUT2D eigenvalue weighted by Gasteiger charge is 2.17. The molecule has 5 nitrogen and oxygen atoms in total. The van der Waals surface area contributed by atoms with E-state index in [1.54, 1.807) is 0 Å². The molecule has 0 aromatic carbocycles. The summed E-state index contributed by atoms with van der Waals surface area (Å²) < 4.78 is 4.81. The number of unbranched alkanes of at least 4 members (excludes halogenated alkanes) is 1. The molecule has 5 heteroatoms. The number of carbonyl (C=O) groups excluding carboxylic acids is 1. The molecule has 0 aromatic rings. The van der Waals surface area contributed by atoms with Gasteiger partial charge in [-0.3, -0.25) is 4.79 Å². The molecule has 0 spiro atoms. The lowest BCUT2D eigenvalue weighted by molar-refractivity contribution is -0.314. The minimum absolute atomic E-state index is 0.0904. The Hall–Kier alpha value is -0.650. The van der Waals surface area contributed by atoms with Crippen molar-refractivity contribution in [2.75, 3.05) is 6.61 Å². The van der Waals surface area contributed by atoms with Crippen LogP contribution in [0, 0.1) is 0 Å². The van der Waals surface area contributed by atoms with Crippen LogP contribution in [0.1, 0.15) is 39.0 Å². The van der Waals surface area contributed by atoms with Crippen molar-refractivity contribution < 1.29 is 24.9 Å². The third-order valence-electron chi connectivity index (χ3n) is 1.65. The Bertz CT molecular complexity index is 161. The van der Waals surface area contributed by atoms with Crippen LogP contribution in [-0.2, 0) is 9.53 Å². The van der Waals surface area contributed by atoms with Gasteiger partial charge in [-0.05, 0) is 12.8 Å². The summed E-state index contributed by atoms with van der Waals surface area (Å²) in [6.07, 6.45) is 1.81. The molecule has 0 aliphatic heterocycles. The van der Waals surface area contributed by atoms with Gasteiger partial charge in [0.15, 0.2) is 0 Å². The third-order valence-corrected chi connectivity index (χ3v) is 1.65. The normalized spacial score (nSPS) is 11.4. The van der Waals surface area contributed by atoms with Gasteiger partial charge in [-0.1, -0.05) is 13.3 Å². The van der Waals surface area contributed by atoms with Crippen LogP contribution < -0.4 is 0 Å². The standard InChI is InChI=1S/C9H18O5/c1-2-3-7-14-8(10)5-4-6-9(11,12)13/h11-13H,2-7H2,1H3. The Morgan fingerprint density at radius 2 is 1.93 bits per heavy atom. The predicted octanol–water partition coefficient (Wildman–Crippen LogP) is 0.131. The molecule has 0 unspecified atom stereocenters. The fourth-order valence-corrected chi connectivity index (χ4v) is 0.872. The van der Waals surface area contributed by atoms with Gasteiger partial charge in [0.2, 0.25) is 0 Å². The molecule has 3 N–H and O–H groups in total. The molecule has 14 heavy (non-hydrogen) atoms. The number of hydrogen-bond acceptors (Lipinski definition) is 5. The van der Waals surface area contributed by atoms with Gasteiger partial charge in [0.05, 0.1) is 6.61 Å². The fraction of sp³-hybridized carbons (Fsp3) is 0.889. The summed E-state index contributed by atoms with van der Waals surface area (Å²) in [7, 11) is 0. The second-order valence-electron chi connectivity index (χ2n) is 3.20. The van der Waals surface area contributed by atoms with E-state index in [4.69, 9.17) is 20.1 Å². The van der Waals surface area contributed by atoms with Gasteiger partial charge in [0, 0.05) is 12.8 Å². The summed E-state index contributed by atoms with van der Waals surface area (Å²) in [5.74, 6) is -3.05. The van der Waals surface area contributed by atoms with E-state index < -0.39 is 5.97 Å².